The second kappa shape index (κ2) is 10.1. The van der Waals surface area contributed by atoms with Gasteiger partial charge in [-0.25, -0.2) is 4.79 Å². The van der Waals surface area contributed by atoms with E-state index in [1.807, 2.05) is 48.5 Å². The molecule has 4 heteroatoms. The lowest BCUT2D eigenvalue weighted by molar-refractivity contribution is 0.141. The van der Waals surface area contributed by atoms with Crippen LogP contribution in [0.3, 0.4) is 0 Å². The molecular weight excluding hydrogens is 312 g/mol. The van der Waals surface area contributed by atoms with Crippen LogP contribution in [0.15, 0.2) is 60.7 Å². The summed E-state index contributed by atoms with van der Waals surface area (Å²) in [7, 11) is 0. The molecule has 25 heavy (non-hydrogen) atoms. The molecule has 0 aliphatic carbocycles. The SMILES string of the molecule is CCCCCCN(C(=O)Oc1ccccc1)[C@H](C#N)c1ccccc1. The van der Waals surface area contributed by atoms with E-state index in [9.17, 15) is 10.1 Å². The minimum absolute atomic E-state index is 0.482. The standard InChI is InChI=1S/C21H24N2O2/c1-2-3-4-11-16-23(20(17-22)18-12-7-5-8-13-18)21(24)25-19-14-9-6-10-15-19/h5-10,12-15,20H,2-4,11,16H2,1H3/t20-/m1/s1. The van der Waals surface area contributed by atoms with E-state index in [1.54, 1.807) is 12.1 Å². The summed E-state index contributed by atoms with van der Waals surface area (Å²) < 4.78 is 5.47. The largest absolute Gasteiger partial charge is 0.416 e. The minimum atomic E-state index is -0.654. The average molecular weight is 336 g/mol. The van der Waals surface area contributed by atoms with Crippen molar-refractivity contribution in [2.24, 2.45) is 0 Å². The lowest BCUT2D eigenvalue weighted by Gasteiger charge is -2.26. The van der Waals surface area contributed by atoms with Gasteiger partial charge in [0.2, 0.25) is 0 Å². The predicted octanol–water partition coefficient (Wildman–Crippen LogP) is 5.33. The van der Waals surface area contributed by atoms with Crippen LogP contribution in [0.2, 0.25) is 0 Å². The fourth-order valence-electron chi connectivity index (χ4n) is 2.64. The second-order valence-corrected chi connectivity index (χ2v) is 5.88. The van der Waals surface area contributed by atoms with Crippen LogP contribution < -0.4 is 4.74 Å². The first-order valence-corrected chi connectivity index (χ1v) is 8.74. The smallest absolute Gasteiger partial charge is 0.410 e. The van der Waals surface area contributed by atoms with Crippen molar-refractivity contribution in [1.29, 1.82) is 5.26 Å². The van der Waals surface area contributed by atoms with Gasteiger partial charge in [-0.05, 0) is 24.1 Å². The Kier molecular flexibility index (Phi) is 7.52. The molecule has 2 rings (SSSR count). The van der Waals surface area contributed by atoms with Crippen molar-refractivity contribution >= 4 is 6.09 Å². The van der Waals surface area contributed by atoms with Gasteiger partial charge in [-0.2, -0.15) is 5.26 Å². The van der Waals surface area contributed by atoms with E-state index >= 15 is 0 Å². The number of rotatable bonds is 8. The van der Waals surface area contributed by atoms with E-state index in [0.29, 0.717) is 12.3 Å². The van der Waals surface area contributed by atoms with E-state index in [4.69, 9.17) is 4.74 Å². The molecule has 2 aromatic carbocycles. The number of amides is 1. The van der Waals surface area contributed by atoms with Gasteiger partial charge in [0.15, 0.2) is 0 Å². The summed E-state index contributed by atoms with van der Waals surface area (Å²) in [5, 5.41) is 9.67. The van der Waals surface area contributed by atoms with Gasteiger partial charge in [0.05, 0.1) is 6.07 Å². The van der Waals surface area contributed by atoms with Gasteiger partial charge < -0.3 is 4.74 Å². The summed E-state index contributed by atoms with van der Waals surface area (Å²) in [5.74, 6) is 0.482. The fraction of sp³-hybridized carbons (Fsp3) is 0.333. The summed E-state index contributed by atoms with van der Waals surface area (Å²) in [6.45, 7) is 2.64. The first-order chi connectivity index (χ1) is 12.3. The molecule has 0 spiro atoms. The maximum atomic E-state index is 12.7. The van der Waals surface area contributed by atoms with Gasteiger partial charge in [-0.3, -0.25) is 4.90 Å². The molecule has 1 atom stereocenters. The number of para-hydroxylation sites is 1. The predicted molar refractivity (Wildman–Crippen MR) is 98.1 cm³/mol. The van der Waals surface area contributed by atoms with E-state index in [0.717, 1.165) is 31.2 Å². The molecule has 0 N–H and O–H groups in total. The molecule has 130 valence electrons. The molecule has 0 fully saturated rings. The molecule has 0 aliphatic heterocycles. The van der Waals surface area contributed by atoms with Crippen molar-refractivity contribution in [3.63, 3.8) is 0 Å². The maximum Gasteiger partial charge on any atom is 0.416 e. The van der Waals surface area contributed by atoms with Crippen LogP contribution in [0, 0.1) is 11.3 Å². The Morgan fingerprint density at radius 2 is 1.68 bits per heavy atom. The molecule has 0 unspecified atom stereocenters. The highest BCUT2D eigenvalue weighted by Crippen LogP contribution is 2.23. The molecule has 0 heterocycles. The van der Waals surface area contributed by atoms with Crippen molar-refractivity contribution in [1.82, 2.24) is 4.90 Å². The summed E-state index contributed by atoms with van der Waals surface area (Å²) >= 11 is 0. The summed E-state index contributed by atoms with van der Waals surface area (Å²) in [6.07, 6.45) is 3.62. The third kappa shape index (κ3) is 5.65. The first kappa shape index (κ1) is 18.5. The third-order valence-electron chi connectivity index (χ3n) is 3.98. The topological polar surface area (TPSA) is 53.3 Å². The number of hydrogen-bond donors (Lipinski definition) is 0. The Balaban J connectivity index is 2.16. The highest BCUT2D eigenvalue weighted by molar-refractivity contribution is 5.71. The Bertz CT molecular complexity index is 680. The summed E-state index contributed by atoms with van der Waals surface area (Å²) in [6, 6.07) is 19.9. The number of nitriles is 1. The highest BCUT2D eigenvalue weighted by Gasteiger charge is 2.26. The number of carbonyl (C=O) groups is 1. The zero-order valence-corrected chi connectivity index (χ0v) is 14.6. The van der Waals surface area contributed by atoms with E-state index in [-0.39, 0.29) is 0 Å². The van der Waals surface area contributed by atoms with Crippen LogP contribution in [0.25, 0.3) is 0 Å². The quantitative estimate of drug-likeness (QED) is 0.612. The summed E-state index contributed by atoms with van der Waals surface area (Å²) in [4.78, 5) is 14.2. The van der Waals surface area contributed by atoms with Crippen LogP contribution in [-0.2, 0) is 0 Å². The number of hydrogen-bond acceptors (Lipinski definition) is 3. The maximum absolute atomic E-state index is 12.7. The third-order valence-corrected chi connectivity index (χ3v) is 3.98. The normalized spacial score (nSPS) is 11.4. The molecule has 4 nitrogen and oxygen atoms in total. The van der Waals surface area contributed by atoms with Crippen LogP contribution in [0.5, 0.6) is 5.75 Å². The number of nitrogens with zero attached hydrogens (tertiary/aromatic N) is 2. The highest BCUT2D eigenvalue weighted by atomic mass is 16.6. The van der Waals surface area contributed by atoms with Crippen molar-refractivity contribution in [3.8, 4) is 11.8 Å². The Morgan fingerprint density at radius 1 is 1.04 bits per heavy atom. The van der Waals surface area contributed by atoms with Gasteiger partial charge in [-0.1, -0.05) is 74.7 Å². The molecule has 0 saturated carbocycles. The molecule has 0 saturated heterocycles. The fourth-order valence-corrected chi connectivity index (χ4v) is 2.64. The van der Waals surface area contributed by atoms with E-state index in [1.165, 1.54) is 4.90 Å². The van der Waals surface area contributed by atoms with Crippen LogP contribution >= 0.6 is 0 Å². The van der Waals surface area contributed by atoms with Crippen molar-refractivity contribution in [2.45, 2.75) is 38.6 Å². The molecule has 0 radical (unpaired) electrons. The number of carbonyl (C=O) groups excluding carboxylic acids is 1. The number of ether oxygens (including phenoxy) is 1. The molecule has 0 bridgehead atoms. The van der Waals surface area contributed by atoms with Gasteiger partial charge in [0.1, 0.15) is 11.8 Å². The average Bonchev–Trinajstić information content (AvgIpc) is 2.66. The molecule has 1 amide bonds. The minimum Gasteiger partial charge on any atom is -0.410 e. The van der Waals surface area contributed by atoms with Crippen LogP contribution in [-0.4, -0.2) is 17.5 Å². The van der Waals surface area contributed by atoms with Gasteiger partial charge in [0.25, 0.3) is 0 Å². The van der Waals surface area contributed by atoms with Crippen molar-refractivity contribution in [2.75, 3.05) is 6.54 Å². The number of unbranched alkanes of at least 4 members (excludes halogenated alkanes) is 3. The first-order valence-electron chi connectivity index (χ1n) is 8.74. The molecule has 0 aliphatic rings. The Labute approximate surface area is 149 Å². The molecule has 2 aromatic rings. The van der Waals surface area contributed by atoms with Crippen LogP contribution in [0.1, 0.15) is 44.2 Å². The van der Waals surface area contributed by atoms with Crippen molar-refractivity contribution < 1.29 is 9.53 Å². The van der Waals surface area contributed by atoms with Crippen LogP contribution in [0.4, 0.5) is 4.79 Å². The Hall–Kier alpha value is -2.80. The zero-order valence-electron chi connectivity index (χ0n) is 14.6. The Morgan fingerprint density at radius 3 is 2.28 bits per heavy atom. The lowest BCUT2D eigenvalue weighted by Crippen LogP contribution is -2.37. The zero-order chi connectivity index (χ0) is 17.9. The lowest BCUT2D eigenvalue weighted by atomic mass is 10.1. The van der Waals surface area contributed by atoms with Gasteiger partial charge >= 0.3 is 6.09 Å². The molecular formula is C21H24N2O2. The second-order valence-electron chi connectivity index (χ2n) is 5.88. The molecule has 0 aromatic heterocycles. The number of benzene rings is 2. The van der Waals surface area contributed by atoms with E-state index < -0.39 is 12.1 Å². The monoisotopic (exact) mass is 336 g/mol. The van der Waals surface area contributed by atoms with Gasteiger partial charge in [-0.15, -0.1) is 0 Å². The van der Waals surface area contributed by atoms with Crippen molar-refractivity contribution in [3.05, 3.63) is 66.2 Å². The summed E-state index contributed by atoms with van der Waals surface area (Å²) in [5.41, 5.74) is 0.797. The van der Waals surface area contributed by atoms with E-state index in [2.05, 4.69) is 13.0 Å². The van der Waals surface area contributed by atoms with Gasteiger partial charge in [0, 0.05) is 6.54 Å².